The van der Waals surface area contributed by atoms with Gasteiger partial charge in [-0.15, -0.1) is 0 Å². The monoisotopic (exact) mass is 797 g/mol. The molecule has 1 aliphatic carbocycles. The van der Waals surface area contributed by atoms with Gasteiger partial charge >= 0.3 is 0 Å². The predicted molar refractivity (Wildman–Crippen MR) is 260 cm³/mol. The Morgan fingerprint density at radius 1 is 0.475 bits per heavy atom. The summed E-state index contributed by atoms with van der Waals surface area (Å²) >= 11 is 0. The number of rotatable bonds is 26. The quantitative estimate of drug-likeness (QED) is 0.0491. The van der Waals surface area contributed by atoms with Crippen molar-refractivity contribution in [2.75, 3.05) is 11.5 Å². The van der Waals surface area contributed by atoms with E-state index in [0.717, 1.165) is 11.4 Å². The molecule has 0 aromatic heterocycles. The number of hydrogen-bond donors (Lipinski definition) is 2. The van der Waals surface area contributed by atoms with Crippen molar-refractivity contribution < 1.29 is 0 Å². The van der Waals surface area contributed by atoms with Gasteiger partial charge in [-0.25, -0.2) is 0 Å². The maximum absolute atomic E-state index is 6.29. The van der Waals surface area contributed by atoms with Crippen LogP contribution in [0.5, 0.6) is 0 Å². The fourth-order valence-electron chi connectivity index (χ4n) is 11.0. The number of aryl methyl sites for hydroxylation is 2. The lowest BCUT2D eigenvalue weighted by Gasteiger charge is -2.44. The van der Waals surface area contributed by atoms with E-state index < -0.39 is 0 Å². The van der Waals surface area contributed by atoms with E-state index in [9.17, 15) is 0 Å². The second-order valence-corrected chi connectivity index (χ2v) is 18.8. The molecule has 1 saturated carbocycles. The highest BCUT2D eigenvalue weighted by molar-refractivity contribution is 5.51. The SMILES string of the molecule is CCCCCCCCCC(c1ccc(C(CCCC)(c2ccc(C(CCCCCCCCC)c3ccc(N)cc3C)cc2)C2CCCCC2)cc1)c1ccc(N)cc1C. The maximum atomic E-state index is 6.29. The van der Waals surface area contributed by atoms with Crippen molar-refractivity contribution in [3.8, 4) is 0 Å². The molecule has 2 unspecified atom stereocenters. The van der Waals surface area contributed by atoms with Crippen LogP contribution in [0.25, 0.3) is 0 Å². The first kappa shape index (κ1) is 46.5. The number of nitrogen functional groups attached to an aromatic ring is 2. The van der Waals surface area contributed by atoms with E-state index >= 15 is 0 Å². The molecule has 59 heavy (non-hydrogen) atoms. The molecule has 0 aliphatic heterocycles. The molecule has 2 nitrogen and oxygen atoms in total. The summed E-state index contributed by atoms with van der Waals surface area (Å²) < 4.78 is 0. The van der Waals surface area contributed by atoms with Gasteiger partial charge in [0.15, 0.2) is 0 Å². The molecule has 5 rings (SSSR count). The molecule has 4 aromatic carbocycles. The molecule has 0 amide bonds. The molecule has 322 valence electrons. The first-order chi connectivity index (χ1) is 28.8. The fraction of sp³-hybridized carbons (Fsp3) is 0.579. The van der Waals surface area contributed by atoms with Crippen LogP contribution in [0.4, 0.5) is 11.4 Å². The van der Waals surface area contributed by atoms with Crippen LogP contribution in [-0.2, 0) is 5.41 Å². The Bertz CT molecular complexity index is 1640. The predicted octanol–water partition coefficient (Wildman–Crippen LogP) is 17.1. The lowest BCUT2D eigenvalue weighted by atomic mass is 9.59. The van der Waals surface area contributed by atoms with Crippen molar-refractivity contribution in [1.29, 1.82) is 0 Å². The van der Waals surface area contributed by atoms with Gasteiger partial charge in [-0.1, -0.05) is 203 Å². The standard InChI is InChI=1S/C57H84N2/c1-6-9-12-14-16-18-23-27-55(53-39-37-51(58)42-44(53)4)46-29-33-49(34-30-46)57(41-11-8-3,48-25-21-20-22-26-48)50-35-31-47(32-36-50)56(28-24-19-17-15-13-10-7-2)54-40-38-52(59)43-45(54)5/h29-40,42-43,48,55-56H,6-28,41,58-59H2,1-5H3. The Hall–Kier alpha value is -3.52. The molecule has 0 saturated heterocycles. The number of benzene rings is 4. The van der Waals surface area contributed by atoms with E-state index in [0.29, 0.717) is 17.8 Å². The minimum Gasteiger partial charge on any atom is -0.399 e. The van der Waals surface area contributed by atoms with E-state index in [1.165, 1.54) is 199 Å². The summed E-state index contributed by atoms with van der Waals surface area (Å²) in [7, 11) is 0. The van der Waals surface area contributed by atoms with Gasteiger partial charge in [-0.2, -0.15) is 0 Å². The van der Waals surface area contributed by atoms with Gasteiger partial charge in [-0.05, 0) is 121 Å². The maximum Gasteiger partial charge on any atom is 0.0316 e. The van der Waals surface area contributed by atoms with Crippen LogP contribution in [0.3, 0.4) is 0 Å². The largest absolute Gasteiger partial charge is 0.399 e. The van der Waals surface area contributed by atoms with Crippen LogP contribution in [-0.4, -0.2) is 0 Å². The van der Waals surface area contributed by atoms with E-state index in [2.05, 4.69) is 120 Å². The third-order valence-corrected chi connectivity index (χ3v) is 14.4. The van der Waals surface area contributed by atoms with Crippen molar-refractivity contribution in [2.45, 2.75) is 206 Å². The van der Waals surface area contributed by atoms with Crippen LogP contribution >= 0.6 is 0 Å². The van der Waals surface area contributed by atoms with Crippen LogP contribution < -0.4 is 11.5 Å². The van der Waals surface area contributed by atoms with E-state index in [-0.39, 0.29) is 5.41 Å². The Morgan fingerprint density at radius 3 is 1.25 bits per heavy atom. The summed E-state index contributed by atoms with van der Waals surface area (Å²) in [4.78, 5) is 0. The average Bonchev–Trinajstić information content (AvgIpc) is 3.25. The van der Waals surface area contributed by atoms with Crippen LogP contribution in [0, 0.1) is 19.8 Å². The molecule has 0 radical (unpaired) electrons. The molecule has 1 aliphatic rings. The molecule has 2 atom stereocenters. The van der Waals surface area contributed by atoms with Crippen molar-refractivity contribution in [2.24, 2.45) is 5.92 Å². The number of nitrogens with two attached hydrogens (primary N) is 2. The van der Waals surface area contributed by atoms with Crippen molar-refractivity contribution >= 4 is 11.4 Å². The van der Waals surface area contributed by atoms with Gasteiger partial charge < -0.3 is 11.5 Å². The highest BCUT2D eigenvalue weighted by Gasteiger charge is 2.42. The average molecular weight is 797 g/mol. The smallest absolute Gasteiger partial charge is 0.0316 e. The van der Waals surface area contributed by atoms with E-state index in [1.54, 1.807) is 0 Å². The summed E-state index contributed by atoms with van der Waals surface area (Å²) in [5.41, 5.74) is 25.8. The summed E-state index contributed by atoms with van der Waals surface area (Å²) in [6.07, 6.45) is 31.5. The van der Waals surface area contributed by atoms with Gasteiger partial charge in [0.2, 0.25) is 0 Å². The molecule has 0 bridgehead atoms. The lowest BCUT2D eigenvalue weighted by molar-refractivity contribution is 0.221. The fourth-order valence-corrected chi connectivity index (χ4v) is 11.0. The lowest BCUT2D eigenvalue weighted by Crippen LogP contribution is -2.38. The summed E-state index contributed by atoms with van der Waals surface area (Å²) in [5, 5.41) is 0. The second kappa shape index (κ2) is 24.7. The van der Waals surface area contributed by atoms with Crippen LogP contribution in [0.2, 0.25) is 0 Å². The molecule has 4 N–H and O–H groups in total. The number of hydrogen-bond acceptors (Lipinski definition) is 2. The Labute approximate surface area is 362 Å². The molecular formula is C57H84N2. The highest BCUT2D eigenvalue weighted by Crippen LogP contribution is 2.50. The molecule has 2 heteroatoms. The van der Waals surface area contributed by atoms with Crippen molar-refractivity contribution in [1.82, 2.24) is 0 Å². The number of unbranched alkanes of at least 4 members (excludes halogenated alkanes) is 13. The van der Waals surface area contributed by atoms with E-state index in [4.69, 9.17) is 11.5 Å². The Kier molecular flexibility index (Phi) is 19.5. The van der Waals surface area contributed by atoms with E-state index in [1.807, 2.05) is 0 Å². The molecule has 0 spiro atoms. The van der Waals surface area contributed by atoms with Crippen LogP contribution in [0.15, 0.2) is 84.9 Å². The first-order valence-electron chi connectivity index (χ1n) is 24.7. The van der Waals surface area contributed by atoms with Crippen LogP contribution in [0.1, 0.15) is 231 Å². The topological polar surface area (TPSA) is 52.0 Å². The minimum absolute atomic E-state index is 0.0175. The van der Waals surface area contributed by atoms with Gasteiger partial charge in [0.1, 0.15) is 0 Å². The third-order valence-electron chi connectivity index (χ3n) is 14.4. The summed E-state index contributed by atoms with van der Waals surface area (Å²) in [5.74, 6) is 1.44. The van der Waals surface area contributed by atoms with Gasteiger partial charge in [0.25, 0.3) is 0 Å². The highest BCUT2D eigenvalue weighted by atomic mass is 14.5. The van der Waals surface area contributed by atoms with Gasteiger partial charge in [0.05, 0.1) is 0 Å². The first-order valence-corrected chi connectivity index (χ1v) is 24.7. The third kappa shape index (κ3) is 13.0. The summed E-state index contributed by atoms with van der Waals surface area (Å²) in [6, 6.07) is 33.6. The second-order valence-electron chi connectivity index (χ2n) is 18.8. The summed E-state index contributed by atoms with van der Waals surface area (Å²) in [6.45, 7) is 11.5. The Morgan fingerprint density at radius 2 is 0.864 bits per heavy atom. The van der Waals surface area contributed by atoms with Crippen molar-refractivity contribution in [3.05, 3.63) is 129 Å². The zero-order chi connectivity index (χ0) is 41.9. The van der Waals surface area contributed by atoms with Crippen molar-refractivity contribution in [3.63, 3.8) is 0 Å². The van der Waals surface area contributed by atoms with Gasteiger partial charge in [-0.3, -0.25) is 0 Å². The zero-order valence-corrected chi connectivity index (χ0v) is 38.4. The number of anilines is 2. The molecular weight excluding hydrogens is 713 g/mol. The zero-order valence-electron chi connectivity index (χ0n) is 38.4. The Balaban J connectivity index is 1.48. The molecule has 1 fully saturated rings. The minimum atomic E-state index is 0.0175. The molecule has 4 aromatic rings. The van der Waals surface area contributed by atoms with Gasteiger partial charge in [0, 0.05) is 28.6 Å². The normalized spacial score (nSPS) is 15.5. The molecule has 0 heterocycles.